The van der Waals surface area contributed by atoms with Gasteiger partial charge >= 0.3 is 0 Å². The van der Waals surface area contributed by atoms with Gasteiger partial charge in [0.05, 0.1) is 0 Å². The lowest BCUT2D eigenvalue weighted by Crippen LogP contribution is -2.49. The molecule has 1 N–H and O–H groups in total. The Morgan fingerprint density at radius 2 is 1.81 bits per heavy atom. The van der Waals surface area contributed by atoms with E-state index in [0.29, 0.717) is 22.3 Å². The molecule has 0 unspecified atom stereocenters. The predicted molar refractivity (Wildman–Crippen MR) is 107 cm³/mol. The Morgan fingerprint density at radius 1 is 1.11 bits per heavy atom. The van der Waals surface area contributed by atoms with Crippen molar-refractivity contribution in [2.45, 2.75) is 26.4 Å². The van der Waals surface area contributed by atoms with E-state index in [1.165, 1.54) is 4.90 Å². The number of carbonyl (C=O) groups is 2. The first-order chi connectivity index (χ1) is 12.9. The molecule has 0 radical (unpaired) electrons. The number of rotatable bonds is 8. The van der Waals surface area contributed by atoms with Gasteiger partial charge in [-0.3, -0.25) is 9.59 Å². The number of hydrogen-bond acceptors (Lipinski definition) is 3. The molecule has 2 aromatic carbocycles. The first-order valence-corrected chi connectivity index (χ1v) is 9.36. The van der Waals surface area contributed by atoms with Gasteiger partial charge in [-0.05, 0) is 55.8 Å². The summed E-state index contributed by atoms with van der Waals surface area (Å²) in [6.07, 6.45) is 0. The third-order valence-electron chi connectivity index (χ3n) is 3.94. The Labute approximate surface area is 169 Å². The zero-order valence-corrected chi connectivity index (χ0v) is 16.8. The summed E-state index contributed by atoms with van der Waals surface area (Å²) in [7, 11) is 0. The zero-order chi connectivity index (χ0) is 19.8. The van der Waals surface area contributed by atoms with Gasteiger partial charge in [-0.2, -0.15) is 0 Å². The summed E-state index contributed by atoms with van der Waals surface area (Å²) < 4.78 is 5.55. The Hall–Kier alpha value is -2.24. The van der Waals surface area contributed by atoms with E-state index in [9.17, 15) is 9.59 Å². The van der Waals surface area contributed by atoms with Gasteiger partial charge in [0.15, 0.2) is 6.61 Å². The zero-order valence-electron chi connectivity index (χ0n) is 15.2. The fourth-order valence-corrected chi connectivity index (χ4v) is 2.83. The molecule has 2 aromatic rings. The van der Waals surface area contributed by atoms with Crippen LogP contribution in [-0.4, -0.2) is 35.9 Å². The number of halogens is 2. The fraction of sp³-hybridized carbons (Fsp3) is 0.300. The van der Waals surface area contributed by atoms with E-state index < -0.39 is 6.04 Å². The molecule has 0 saturated heterocycles. The second-order valence-electron chi connectivity index (χ2n) is 5.96. The summed E-state index contributed by atoms with van der Waals surface area (Å²) in [5.41, 5.74) is 0.832. The molecule has 0 aliphatic rings. The van der Waals surface area contributed by atoms with Crippen molar-refractivity contribution in [2.24, 2.45) is 0 Å². The molecular formula is C20H22Cl2N2O3. The highest BCUT2D eigenvalue weighted by molar-refractivity contribution is 6.30. The second-order valence-corrected chi connectivity index (χ2v) is 6.84. The molecule has 5 nitrogen and oxygen atoms in total. The van der Waals surface area contributed by atoms with Crippen LogP contribution < -0.4 is 10.1 Å². The molecule has 0 spiro atoms. The number of carbonyl (C=O) groups excluding carboxylic acids is 2. The normalized spacial score (nSPS) is 11.6. The summed E-state index contributed by atoms with van der Waals surface area (Å²) in [6, 6.07) is 13.3. The van der Waals surface area contributed by atoms with Crippen LogP contribution in [0.4, 0.5) is 0 Å². The predicted octanol–water partition coefficient (Wildman–Crippen LogP) is 3.93. The molecule has 27 heavy (non-hydrogen) atoms. The standard InChI is InChI=1S/C20H22Cl2N2O3/c1-3-23-20(26)14(2)24(12-15-5-4-6-17(22)11-15)19(25)13-27-18-9-7-16(21)8-10-18/h4-11,14H,3,12-13H2,1-2H3,(H,23,26)/t14-/m0/s1. The lowest BCUT2D eigenvalue weighted by atomic mass is 10.1. The molecule has 0 heterocycles. The van der Waals surface area contributed by atoms with E-state index in [4.69, 9.17) is 27.9 Å². The molecule has 0 aromatic heterocycles. The summed E-state index contributed by atoms with van der Waals surface area (Å²) >= 11 is 11.9. The number of likely N-dealkylation sites (N-methyl/N-ethyl adjacent to an activating group) is 1. The number of nitrogens with zero attached hydrogens (tertiary/aromatic N) is 1. The Kier molecular flexibility index (Phi) is 7.95. The van der Waals surface area contributed by atoms with Crippen LogP contribution in [0.5, 0.6) is 5.75 Å². The van der Waals surface area contributed by atoms with Crippen LogP contribution >= 0.6 is 23.2 Å². The van der Waals surface area contributed by atoms with Gasteiger partial charge < -0.3 is 15.0 Å². The molecule has 0 fully saturated rings. The molecule has 1 atom stereocenters. The molecular weight excluding hydrogens is 387 g/mol. The first kappa shape index (κ1) is 21.1. The van der Waals surface area contributed by atoms with Crippen molar-refractivity contribution in [1.29, 1.82) is 0 Å². The van der Waals surface area contributed by atoms with Crippen molar-refractivity contribution >= 4 is 35.0 Å². The lowest BCUT2D eigenvalue weighted by molar-refractivity contribution is -0.142. The number of hydrogen-bond donors (Lipinski definition) is 1. The van der Waals surface area contributed by atoms with E-state index in [1.807, 2.05) is 13.0 Å². The molecule has 2 rings (SSSR count). The van der Waals surface area contributed by atoms with Crippen LogP contribution in [0.3, 0.4) is 0 Å². The molecule has 0 aliphatic carbocycles. The lowest BCUT2D eigenvalue weighted by Gasteiger charge is -2.28. The maximum absolute atomic E-state index is 12.8. The molecule has 2 amide bonds. The van der Waals surface area contributed by atoms with Crippen LogP contribution in [-0.2, 0) is 16.1 Å². The van der Waals surface area contributed by atoms with Crippen LogP contribution in [0.1, 0.15) is 19.4 Å². The highest BCUT2D eigenvalue weighted by Gasteiger charge is 2.26. The number of benzene rings is 2. The maximum atomic E-state index is 12.8. The van der Waals surface area contributed by atoms with Gasteiger partial charge in [0, 0.05) is 23.1 Å². The third kappa shape index (κ3) is 6.45. The highest BCUT2D eigenvalue weighted by atomic mass is 35.5. The summed E-state index contributed by atoms with van der Waals surface area (Å²) in [5, 5.41) is 3.90. The topological polar surface area (TPSA) is 58.6 Å². The third-order valence-corrected chi connectivity index (χ3v) is 4.42. The molecule has 0 aliphatic heterocycles. The number of ether oxygens (including phenoxy) is 1. The molecule has 7 heteroatoms. The SMILES string of the molecule is CCNC(=O)[C@H](C)N(Cc1cccc(Cl)c1)C(=O)COc1ccc(Cl)cc1. The number of amides is 2. The van der Waals surface area contributed by atoms with Gasteiger partial charge in [0.2, 0.25) is 5.91 Å². The second kappa shape index (κ2) is 10.2. The summed E-state index contributed by atoms with van der Waals surface area (Å²) in [6.45, 7) is 4.07. The van der Waals surface area contributed by atoms with Crippen LogP contribution in [0.15, 0.2) is 48.5 Å². The van der Waals surface area contributed by atoms with Crippen LogP contribution in [0.25, 0.3) is 0 Å². The van der Waals surface area contributed by atoms with Crippen LogP contribution in [0, 0.1) is 0 Å². The van der Waals surface area contributed by atoms with Gasteiger partial charge in [-0.15, -0.1) is 0 Å². The Morgan fingerprint density at radius 3 is 2.44 bits per heavy atom. The number of nitrogens with one attached hydrogen (secondary N) is 1. The van der Waals surface area contributed by atoms with E-state index in [1.54, 1.807) is 49.4 Å². The largest absolute Gasteiger partial charge is 0.484 e. The minimum Gasteiger partial charge on any atom is -0.484 e. The quantitative estimate of drug-likeness (QED) is 0.719. The van der Waals surface area contributed by atoms with Gasteiger partial charge in [0.1, 0.15) is 11.8 Å². The minimum absolute atomic E-state index is 0.189. The van der Waals surface area contributed by atoms with Crippen molar-refractivity contribution in [3.05, 3.63) is 64.1 Å². The van der Waals surface area contributed by atoms with Gasteiger partial charge in [-0.25, -0.2) is 0 Å². The molecule has 0 bridgehead atoms. The van der Waals surface area contributed by atoms with Gasteiger partial charge in [0.25, 0.3) is 5.91 Å². The van der Waals surface area contributed by atoms with E-state index in [0.717, 1.165) is 5.56 Å². The Bertz CT molecular complexity index is 781. The smallest absolute Gasteiger partial charge is 0.261 e. The molecule has 0 saturated carbocycles. The average molecular weight is 409 g/mol. The summed E-state index contributed by atoms with van der Waals surface area (Å²) in [5.74, 6) is 0.00386. The van der Waals surface area contributed by atoms with Crippen LogP contribution in [0.2, 0.25) is 10.0 Å². The van der Waals surface area contributed by atoms with E-state index in [2.05, 4.69) is 5.32 Å². The van der Waals surface area contributed by atoms with E-state index >= 15 is 0 Å². The average Bonchev–Trinajstić information content (AvgIpc) is 2.65. The van der Waals surface area contributed by atoms with Crippen molar-refractivity contribution in [2.75, 3.05) is 13.2 Å². The first-order valence-electron chi connectivity index (χ1n) is 8.60. The molecule has 144 valence electrons. The van der Waals surface area contributed by atoms with Crippen molar-refractivity contribution < 1.29 is 14.3 Å². The van der Waals surface area contributed by atoms with E-state index in [-0.39, 0.29) is 25.0 Å². The summed E-state index contributed by atoms with van der Waals surface area (Å²) in [4.78, 5) is 26.5. The van der Waals surface area contributed by atoms with Crippen molar-refractivity contribution in [3.63, 3.8) is 0 Å². The minimum atomic E-state index is -0.648. The monoisotopic (exact) mass is 408 g/mol. The Balaban J connectivity index is 2.12. The van der Waals surface area contributed by atoms with Crippen molar-refractivity contribution in [1.82, 2.24) is 10.2 Å². The fourth-order valence-electron chi connectivity index (χ4n) is 2.50. The maximum Gasteiger partial charge on any atom is 0.261 e. The van der Waals surface area contributed by atoms with Gasteiger partial charge in [-0.1, -0.05) is 35.3 Å². The highest BCUT2D eigenvalue weighted by Crippen LogP contribution is 2.17. The van der Waals surface area contributed by atoms with Crippen molar-refractivity contribution in [3.8, 4) is 5.75 Å².